The fourth-order valence-corrected chi connectivity index (χ4v) is 5.04. The van der Waals surface area contributed by atoms with E-state index in [4.69, 9.17) is 4.74 Å². The van der Waals surface area contributed by atoms with Gasteiger partial charge in [-0.1, -0.05) is 26.7 Å². The molecule has 0 unspecified atom stereocenters. The van der Waals surface area contributed by atoms with Gasteiger partial charge in [0.25, 0.3) is 0 Å². The molecule has 194 valence electrons. The molecule has 4 heterocycles. The Balaban J connectivity index is 0.00000304. The molecule has 5 rings (SSSR count). The molecule has 0 radical (unpaired) electrons. The maximum absolute atomic E-state index is 11.5. The molecular weight excluding hydrogens is 480 g/mol. The first kappa shape index (κ1) is 26.1. The SMILES string of the molecule is CCC(CC)CN1CCC(n2nnnc2CCCOc2ccc3nc4[nH]c(=O)[nH]c4cc3c2)CC1.Cl. The summed E-state index contributed by atoms with van der Waals surface area (Å²) in [7, 11) is 0. The van der Waals surface area contributed by atoms with Gasteiger partial charge in [0.05, 0.1) is 23.7 Å². The standard InChI is InChI=1S/C25H34N8O2.ClH/c1-3-17(4-2)16-32-11-9-19(10-12-32)33-23(29-30-31-33)6-5-13-35-20-7-8-21-18(14-20)15-22-24(26-21)28-25(34)27-22;/h7-8,14-15,17,19H,3-6,9-13,16H2,1-2H3,(H2,26,27,28,34);1H. The van der Waals surface area contributed by atoms with Crippen LogP contribution in [0.1, 0.15) is 57.8 Å². The first-order valence-electron chi connectivity index (χ1n) is 12.8. The van der Waals surface area contributed by atoms with Crippen molar-refractivity contribution in [3.05, 3.63) is 40.6 Å². The fraction of sp³-hybridized carbons (Fsp3) is 0.560. The highest BCUT2D eigenvalue weighted by Gasteiger charge is 2.24. The molecule has 0 saturated carbocycles. The number of hydrogen-bond acceptors (Lipinski definition) is 7. The van der Waals surface area contributed by atoms with Crippen molar-refractivity contribution in [3.8, 4) is 5.75 Å². The zero-order valence-corrected chi connectivity index (χ0v) is 21.8. The second-order valence-corrected chi connectivity index (χ2v) is 9.52. The van der Waals surface area contributed by atoms with Crippen LogP contribution in [0.25, 0.3) is 22.1 Å². The average Bonchev–Trinajstić information content (AvgIpc) is 3.49. The molecule has 0 amide bonds. The van der Waals surface area contributed by atoms with Crippen LogP contribution in [0.2, 0.25) is 0 Å². The Morgan fingerprint density at radius 3 is 2.72 bits per heavy atom. The number of H-pyrrole nitrogens is 2. The lowest BCUT2D eigenvalue weighted by Crippen LogP contribution is -2.38. The maximum atomic E-state index is 11.5. The van der Waals surface area contributed by atoms with E-state index in [0.717, 1.165) is 67.2 Å². The number of tetrazole rings is 1. The fourth-order valence-electron chi connectivity index (χ4n) is 5.04. The number of hydrogen-bond donors (Lipinski definition) is 2. The van der Waals surface area contributed by atoms with Crippen molar-refractivity contribution < 1.29 is 4.74 Å². The molecule has 0 aliphatic carbocycles. The molecule has 1 saturated heterocycles. The highest BCUT2D eigenvalue weighted by atomic mass is 35.5. The van der Waals surface area contributed by atoms with Gasteiger partial charge in [0.1, 0.15) is 5.75 Å². The molecule has 11 heteroatoms. The van der Waals surface area contributed by atoms with Crippen molar-refractivity contribution in [1.29, 1.82) is 0 Å². The Bertz CT molecular complexity index is 1320. The summed E-state index contributed by atoms with van der Waals surface area (Å²) in [5.41, 5.74) is 1.80. The van der Waals surface area contributed by atoms with Crippen LogP contribution in [0.5, 0.6) is 5.75 Å². The number of benzene rings is 1. The minimum Gasteiger partial charge on any atom is -0.494 e. The number of imidazole rings is 1. The van der Waals surface area contributed by atoms with E-state index in [1.54, 1.807) is 0 Å². The number of likely N-dealkylation sites (tertiary alicyclic amines) is 1. The highest BCUT2D eigenvalue weighted by Crippen LogP contribution is 2.25. The van der Waals surface area contributed by atoms with Gasteiger partial charge in [0.15, 0.2) is 11.5 Å². The molecule has 1 aliphatic heterocycles. The van der Waals surface area contributed by atoms with Crippen LogP contribution in [-0.4, -0.2) is 66.3 Å². The van der Waals surface area contributed by atoms with Crippen molar-refractivity contribution in [2.24, 2.45) is 5.92 Å². The number of aryl methyl sites for hydroxylation is 1. The highest BCUT2D eigenvalue weighted by molar-refractivity contribution is 5.89. The number of halogens is 1. The molecule has 10 nitrogen and oxygen atoms in total. The number of aromatic nitrogens is 7. The lowest BCUT2D eigenvalue weighted by Gasteiger charge is -2.34. The van der Waals surface area contributed by atoms with Gasteiger partial charge in [-0.3, -0.25) is 4.98 Å². The summed E-state index contributed by atoms with van der Waals surface area (Å²) in [6.07, 6.45) is 6.31. The predicted octanol–water partition coefficient (Wildman–Crippen LogP) is 3.90. The molecule has 0 bridgehead atoms. The van der Waals surface area contributed by atoms with Crippen LogP contribution >= 0.6 is 12.4 Å². The van der Waals surface area contributed by atoms with Crippen molar-refractivity contribution in [2.75, 3.05) is 26.2 Å². The quantitative estimate of drug-likeness (QED) is 0.308. The normalized spacial score (nSPS) is 15.1. The summed E-state index contributed by atoms with van der Waals surface area (Å²) >= 11 is 0. The lowest BCUT2D eigenvalue weighted by atomic mass is 9.99. The van der Waals surface area contributed by atoms with Gasteiger partial charge >= 0.3 is 5.69 Å². The summed E-state index contributed by atoms with van der Waals surface area (Å²) < 4.78 is 8.04. The Labute approximate surface area is 216 Å². The largest absolute Gasteiger partial charge is 0.494 e. The molecule has 0 atom stereocenters. The van der Waals surface area contributed by atoms with Crippen LogP contribution in [-0.2, 0) is 6.42 Å². The maximum Gasteiger partial charge on any atom is 0.325 e. The van der Waals surface area contributed by atoms with E-state index in [1.807, 2.05) is 28.9 Å². The molecule has 4 aromatic rings. The van der Waals surface area contributed by atoms with Crippen molar-refractivity contribution in [2.45, 2.75) is 58.4 Å². The van der Waals surface area contributed by atoms with Gasteiger partial charge in [0, 0.05) is 31.4 Å². The summed E-state index contributed by atoms with van der Waals surface area (Å²) in [6.45, 7) is 8.59. The third-order valence-electron chi connectivity index (χ3n) is 7.21. The number of rotatable bonds is 10. The van der Waals surface area contributed by atoms with Crippen LogP contribution in [0, 0.1) is 5.92 Å². The van der Waals surface area contributed by atoms with E-state index in [0.29, 0.717) is 23.8 Å². The lowest BCUT2D eigenvalue weighted by molar-refractivity contribution is 0.152. The monoisotopic (exact) mass is 514 g/mol. The second kappa shape index (κ2) is 11.8. The van der Waals surface area contributed by atoms with Gasteiger partial charge < -0.3 is 14.6 Å². The number of fused-ring (bicyclic) bond motifs is 2. The first-order valence-corrected chi connectivity index (χ1v) is 12.8. The number of pyridine rings is 1. The summed E-state index contributed by atoms with van der Waals surface area (Å²) in [5.74, 6) is 2.52. The molecule has 1 aliphatic rings. The number of nitrogens with one attached hydrogen (secondary N) is 2. The van der Waals surface area contributed by atoms with E-state index in [2.05, 4.69) is 49.2 Å². The molecular formula is C25H35ClN8O2. The number of nitrogens with zero attached hydrogens (tertiary/aromatic N) is 6. The smallest absolute Gasteiger partial charge is 0.325 e. The Morgan fingerprint density at radius 2 is 1.94 bits per heavy atom. The van der Waals surface area contributed by atoms with Gasteiger partial charge in [-0.25, -0.2) is 14.5 Å². The molecule has 1 fully saturated rings. The summed E-state index contributed by atoms with van der Waals surface area (Å²) in [5, 5.41) is 13.5. The van der Waals surface area contributed by atoms with Crippen LogP contribution in [0.4, 0.5) is 0 Å². The van der Waals surface area contributed by atoms with Gasteiger partial charge in [0.2, 0.25) is 0 Å². The van der Waals surface area contributed by atoms with Crippen molar-refractivity contribution in [1.82, 2.24) is 40.1 Å². The molecule has 3 aromatic heterocycles. The second-order valence-electron chi connectivity index (χ2n) is 9.52. The van der Waals surface area contributed by atoms with Crippen LogP contribution < -0.4 is 10.4 Å². The predicted molar refractivity (Wildman–Crippen MR) is 142 cm³/mol. The molecule has 0 spiro atoms. The summed E-state index contributed by atoms with van der Waals surface area (Å²) in [6, 6.07) is 8.05. The zero-order valence-electron chi connectivity index (χ0n) is 20.9. The van der Waals surface area contributed by atoms with E-state index < -0.39 is 0 Å². The number of piperidine rings is 1. The molecule has 1 aromatic carbocycles. The van der Waals surface area contributed by atoms with E-state index in [-0.39, 0.29) is 18.1 Å². The third kappa shape index (κ3) is 5.87. The Hall–Kier alpha value is -2.98. The zero-order chi connectivity index (χ0) is 24.2. The number of ether oxygens (including phenoxy) is 1. The van der Waals surface area contributed by atoms with E-state index >= 15 is 0 Å². The number of aromatic amines is 2. The van der Waals surface area contributed by atoms with Crippen LogP contribution in [0.15, 0.2) is 29.1 Å². The Morgan fingerprint density at radius 1 is 1.14 bits per heavy atom. The van der Waals surface area contributed by atoms with Crippen molar-refractivity contribution >= 4 is 34.5 Å². The van der Waals surface area contributed by atoms with Crippen molar-refractivity contribution in [3.63, 3.8) is 0 Å². The molecule has 2 N–H and O–H groups in total. The van der Waals surface area contributed by atoms with Gasteiger partial charge in [-0.2, -0.15) is 0 Å². The van der Waals surface area contributed by atoms with Crippen LogP contribution in [0.3, 0.4) is 0 Å². The van der Waals surface area contributed by atoms with E-state index in [1.165, 1.54) is 19.4 Å². The minimum atomic E-state index is -0.256. The molecule has 36 heavy (non-hydrogen) atoms. The first-order chi connectivity index (χ1) is 17.1. The summed E-state index contributed by atoms with van der Waals surface area (Å²) in [4.78, 5) is 24.0. The van der Waals surface area contributed by atoms with E-state index in [9.17, 15) is 4.79 Å². The van der Waals surface area contributed by atoms with Gasteiger partial charge in [-0.15, -0.1) is 17.5 Å². The van der Waals surface area contributed by atoms with Gasteiger partial charge in [-0.05, 0) is 59.9 Å². The third-order valence-corrected chi connectivity index (χ3v) is 7.21. The topological polar surface area (TPSA) is 118 Å². The average molecular weight is 515 g/mol. The minimum absolute atomic E-state index is 0. The Kier molecular flexibility index (Phi) is 8.58.